The molecule has 1 N–H and O–H groups in total. The molecule has 3 heterocycles. The molecular weight excluding hydrogens is 326 g/mol. The number of hydrogen-bond donors (Lipinski definition) is 1. The van der Waals surface area contributed by atoms with E-state index in [4.69, 9.17) is 4.42 Å². The molecule has 0 unspecified atom stereocenters. The highest BCUT2D eigenvalue weighted by atomic mass is 32.1. The van der Waals surface area contributed by atoms with Gasteiger partial charge in [-0.1, -0.05) is 31.0 Å². The number of thiazole rings is 1. The Labute approximate surface area is 139 Å². The molecule has 0 aliphatic rings. The van der Waals surface area contributed by atoms with E-state index < -0.39 is 8.07 Å². The van der Waals surface area contributed by atoms with E-state index in [1.165, 1.54) is 11.3 Å². The van der Waals surface area contributed by atoms with Crippen molar-refractivity contribution in [3.05, 3.63) is 41.6 Å². The van der Waals surface area contributed by atoms with Gasteiger partial charge in [0.05, 0.1) is 6.20 Å². The van der Waals surface area contributed by atoms with Gasteiger partial charge >= 0.3 is 0 Å². The highest BCUT2D eigenvalue weighted by Gasteiger charge is 2.21. The fourth-order valence-electron chi connectivity index (χ4n) is 1.75. The zero-order chi connectivity index (χ0) is 16.3. The van der Waals surface area contributed by atoms with Crippen LogP contribution >= 0.6 is 11.3 Å². The van der Waals surface area contributed by atoms with Crippen molar-refractivity contribution in [3.8, 4) is 0 Å². The number of oxazole rings is 1. The monoisotopic (exact) mass is 343 g/mol. The van der Waals surface area contributed by atoms with Gasteiger partial charge in [-0.05, 0) is 12.1 Å². The second kappa shape index (κ2) is 6.43. The molecule has 23 heavy (non-hydrogen) atoms. The fourth-order valence-corrected chi connectivity index (χ4v) is 3.32. The summed E-state index contributed by atoms with van der Waals surface area (Å²) in [6, 6.07) is 1.77. The molecule has 0 atom stereocenters. The van der Waals surface area contributed by atoms with Crippen molar-refractivity contribution in [1.29, 1.82) is 0 Å². The topological polar surface area (TPSA) is 76.7 Å². The standard InChI is InChI=1S/C15H17N5OSSi/c1-23(2,3)13-10-18-12(21-13)6-5-11-9-19-15(22-11)20-14-16-7-4-8-17-14/h4-10H,1-3H3,(H,16,17,19,20). The molecular formula is C15H17N5OSSi. The van der Waals surface area contributed by atoms with Crippen molar-refractivity contribution in [1.82, 2.24) is 19.9 Å². The minimum atomic E-state index is -1.46. The quantitative estimate of drug-likeness (QED) is 0.716. The van der Waals surface area contributed by atoms with Crippen LogP contribution in [0.15, 0.2) is 35.3 Å². The van der Waals surface area contributed by atoms with Crippen LogP contribution in [0.25, 0.3) is 12.2 Å². The third kappa shape index (κ3) is 4.11. The predicted octanol–water partition coefficient (Wildman–Crippen LogP) is 3.38. The Morgan fingerprint density at radius 3 is 2.52 bits per heavy atom. The first-order valence-electron chi connectivity index (χ1n) is 7.15. The molecule has 6 nitrogen and oxygen atoms in total. The molecule has 0 aromatic carbocycles. The van der Waals surface area contributed by atoms with E-state index in [1.54, 1.807) is 24.7 Å². The van der Waals surface area contributed by atoms with Gasteiger partial charge in [-0.2, -0.15) is 0 Å². The second-order valence-corrected chi connectivity index (χ2v) is 12.0. The van der Waals surface area contributed by atoms with E-state index in [0.29, 0.717) is 11.8 Å². The zero-order valence-corrected chi connectivity index (χ0v) is 15.0. The summed E-state index contributed by atoms with van der Waals surface area (Å²) in [6.07, 6.45) is 10.8. The SMILES string of the molecule is C[Si](C)(C)c1cnc(C=Cc2cnc(Nc3ncccn3)s2)o1. The van der Waals surface area contributed by atoms with Crippen molar-refractivity contribution in [2.75, 3.05) is 5.32 Å². The van der Waals surface area contributed by atoms with E-state index in [0.717, 1.165) is 15.4 Å². The molecule has 0 aliphatic heterocycles. The molecule has 0 saturated carbocycles. The van der Waals surface area contributed by atoms with Crippen molar-refractivity contribution in [3.63, 3.8) is 0 Å². The van der Waals surface area contributed by atoms with Gasteiger partial charge in [0.25, 0.3) is 0 Å². The van der Waals surface area contributed by atoms with E-state index in [9.17, 15) is 0 Å². The molecule has 0 spiro atoms. The summed E-state index contributed by atoms with van der Waals surface area (Å²) < 4.78 is 5.78. The molecule has 0 aliphatic carbocycles. The predicted molar refractivity (Wildman–Crippen MR) is 95.8 cm³/mol. The first-order valence-corrected chi connectivity index (χ1v) is 11.5. The number of rotatable bonds is 5. The van der Waals surface area contributed by atoms with Crippen LogP contribution in [-0.4, -0.2) is 28.0 Å². The van der Waals surface area contributed by atoms with Crippen LogP contribution in [0, 0.1) is 0 Å². The lowest BCUT2D eigenvalue weighted by atomic mass is 10.4. The molecule has 3 aromatic rings. The van der Waals surface area contributed by atoms with Crippen molar-refractivity contribution < 1.29 is 4.42 Å². The Morgan fingerprint density at radius 1 is 1.04 bits per heavy atom. The third-order valence-corrected chi connectivity index (χ3v) is 5.55. The maximum atomic E-state index is 5.78. The Kier molecular flexibility index (Phi) is 4.35. The Balaban J connectivity index is 1.68. The molecule has 8 heteroatoms. The molecule has 0 fully saturated rings. The molecule has 0 saturated heterocycles. The van der Waals surface area contributed by atoms with Crippen molar-refractivity contribution >= 4 is 48.0 Å². The number of anilines is 2. The average molecular weight is 343 g/mol. The molecule has 0 amide bonds. The Morgan fingerprint density at radius 2 is 1.83 bits per heavy atom. The summed E-state index contributed by atoms with van der Waals surface area (Å²) in [5.41, 5.74) is 0. The van der Waals surface area contributed by atoms with E-state index in [-0.39, 0.29) is 0 Å². The summed E-state index contributed by atoms with van der Waals surface area (Å²) in [5.74, 6) is 1.15. The van der Waals surface area contributed by atoms with Crippen LogP contribution < -0.4 is 10.7 Å². The van der Waals surface area contributed by atoms with Gasteiger partial charge in [-0.15, -0.1) is 0 Å². The normalized spacial score (nSPS) is 12.0. The zero-order valence-electron chi connectivity index (χ0n) is 13.1. The van der Waals surface area contributed by atoms with Crippen LogP contribution in [0.4, 0.5) is 11.1 Å². The first kappa shape index (κ1) is 15.6. The lowest BCUT2D eigenvalue weighted by Crippen LogP contribution is -2.36. The number of hydrogen-bond acceptors (Lipinski definition) is 7. The fraction of sp³-hybridized carbons (Fsp3) is 0.200. The third-order valence-electron chi connectivity index (χ3n) is 2.96. The van der Waals surface area contributed by atoms with Crippen LogP contribution in [0.1, 0.15) is 10.8 Å². The van der Waals surface area contributed by atoms with Gasteiger partial charge in [0.15, 0.2) is 5.13 Å². The number of nitrogens with zero attached hydrogens (tertiary/aromatic N) is 4. The van der Waals surface area contributed by atoms with Gasteiger partial charge in [-0.3, -0.25) is 0 Å². The molecule has 3 rings (SSSR count). The number of aromatic nitrogens is 4. The lowest BCUT2D eigenvalue weighted by Gasteiger charge is -2.09. The Hall–Kier alpha value is -2.32. The lowest BCUT2D eigenvalue weighted by molar-refractivity contribution is 0.574. The van der Waals surface area contributed by atoms with Gasteiger partial charge in [0.2, 0.25) is 11.8 Å². The summed E-state index contributed by atoms with van der Waals surface area (Å²) in [6.45, 7) is 6.69. The van der Waals surface area contributed by atoms with Crippen molar-refractivity contribution in [2.24, 2.45) is 0 Å². The smallest absolute Gasteiger partial charge is 0.228 e. The van der Waals surface area contributed by atoms with Crippen molar-refractivity contribution in [2.45, 2.75) is 19.6 Å². The summed E-state index contributed by atoms with van der Waals surface area (Å²) >= 11 is 1.51. The molecule has 3 aromatic heterocycles. The van der Waals surface area contributed by atoms with Crippen LogP contribution in [-0.2, 0) is 0 Å². The first-order chi connectivity index (χ1) is 11.0. The summed E-state index contributed by atoms with van der Waals surface area (Å²) in [7, 11) is -1.46. The molecule has 118 valence electrons. The van der Waals surface area contributed by atoms with E-state index in [1.807, 2.05) is 18.3 Å². The van der Waals surface area contributed by atoms with Gasteiger partial charge in [0, 0.05) is 29.5 Å². The largest absolute Gasteiger partial charge is 0.447 e. The molecule has 0 bridgehead atoms. The number of nitrogens with one attached hydrogen (secondary N) is 1. The van der Waals surface area contributed by atoms with Crippen LogP contribution in [0.5, 0.6) is 0 Å². The van der Waals surface area contributed by atoms with E-state index >= 15 is 0 Å². The van der Waals surface area contributed by atoms with Crippen LogP contribution in [0.2, 0.25) is 19.6 Å². The van der Waals surface area contributed by atoms with E-state index in [2.05, 4.69) is 44.9 Å². The second-order valence-electron chi connectivity index (χ2n) is 5.91. The summed E-state index contributed by atoms with van der Waals surface area (Å²) in [4.78, 5) is 17.8. The maximum Gasteiger partial charge on any atom is 0.228 e. The minimum absolute atomic E-state index is 0.532. The summed E-state index contributed by atoms with van der Waals surface area (Å²) in [5, 5.41) is 4.81. The highest BCUT2D eigenvalue weighted by Crippen LogP contribution is 2.22. The average Bonchev–Trinajstić information content (AvgIpc) is 3.15. The highest BCUT2D eigenvalue weighted by molar-refractivity contribution is 7.16. The maximum absolute atomic E-state index is 5.78. The van der Waals surface area contributed by atoms with Gasteiger partial charge in [0.1, 0.15) is 13.5 Å². The minimum Gasteiger partial charge on any atom is -0.447 e. The van der Waals surface area contributed by atoms with Crippen LogP contribution in [0.3, 0.4) is 0 Å². The Bertz CT molecular complexity index is 807. The molecule has 0 radical (unpaired) electrons. The van der Waals surface area contributed by atoms with Gasteiger partial charge < -0.3 is 9.73 Å². The van der Waals surface area contributed by atoms with Gasteiger partial charge in [-0.25, -0.2) is 19.9 Å².